The van der Waals surface area contributed by atoms with Crippen molar-refractivity contribution in [2.45, 2.75) is 20.0 Å². The Balaban J connectivity index is 2.76. The van der Waals surface area contributed by atoms with Gasteiger partial charge in [-0.2, -0.15) is 0 Å². The van der Waals surface area contributed by atoms with Gasteiger partial charge in [-0.3, -0.25) is 4.72 Å². The molecule has 5 nitrogen and oxygen atoms in total. The summed E-state index contributed by atoms with van der Waals surface area (Å²) in [4.78, 5) is 0. The lowest BCUT2D eigenvalue weighted by Gasteiger charge is -2.11. The van der Waals surface area contributed by atoms with Crippen molar-refractivity contribution in [2.24, 2.45) is 0 Å². The van der Waals surface area contributed by atoms with Gasteiger partial charge in [0.05, 0.1) is 29.2 Å². The smallest absolute Gasteiger partial charge is 0.235 e. The Morgan fingerprint density at radius 1 is 1.47 bits per heavy atom. The molecule has 0 aliphatic rings. The summed E-state index contributed by atoms with van der Waals surface area (Å²) in [6, 6.07) is 1.75. The molecule has 0 aliphatic heterocycles. The Bertz CT molecular complexity index is 548. The van der Waals surface area contributed by atoms with E-state index in [0.29, 0.717) is 0 Å². The molecule has 0 saturated carbocycles. The van der Waals surface area contributed by atoms with E-state index >= 15 is 0 Å². The zero-order valence-electron chi connectivity index (χ0n) is 10.5. The van der Waals surface area contributed by atoms with Gasteiger partial charge in [0.15, 0.2) is 0 Å². The average Bonchev–Trinajstić information content (AvgIpc) is 2.24. The molecule has 0 amide bonds. The molecule has 8 heteroatoms. The van der Waals surface area contributed by atoms with Gasteiger partial charge in [-0.15, -0.1) is 0 Å². The fourth-order valence-electron chi connectivity index (χ4n) is 1.23. The summed E-state index contributed by atoms with van der Waals surface area (Å²) >= 11 is 5.51. The number of ether oxygens (including phenoxy) is 1. The highest BCUT2D eigenvalue weighted by molar-refractivity contribution is 7.92. The summed E-state index contributed by atoms with van der Waals surface area (Å²) in [6.45, 7) is 3.58. The van der Waals surface area contributed by atoms with Crippen molar-refractivity contribution in [3.63, 3.8) is 0 Å². The van der Waals surface area contributed by atoms with Crippen LogP contribution in [-0.2, 0) is 14.8 Å². The minimum atomic E-state index is -3.70. The van der Waals surface area contributed by atoms with Gasteiger partial charge in [0.2, 0.25) is 10.0 Å². The summed E-state index contributed by atoms with van der Waals surface area (Å²) in [6.07, 6.45) is -0.0798. The summed E-state index contributed by atoms with van der Waals surface area (Å²) < 4.78 is 43.6. The van der Waals surface area contributed by atoms with E-state index in [1.54, 1.807) is 13.8 Å². The van der Waals surface area contributed by atoms with Crippen molar-refractivity contribution in [1.82, 2.24) is 0 Å². The summed E-state index contributed by atoms with van der Waals surface area (Å²) in [7, 11) is -3.70. The maximum atomic E-state index is 13.0. The van der Waals surface area contributed by atoms with Crippen molar-refractivity contribution >= 4 is 27.3 Å². The lowest BCUT2D eigenvalue weighted by molar-refractivity contribution is 0.0913. The molecule has 19 heavy (non-hydrogen) atoms. The van der Waals surface area contributed by atoms with E-state index in [2.05, 4.69) is 4.72 Å². The summed E-state index contributed by atoms with van der Waals surface area (Å²) in [5, 5.41) is 9.15. The molecule has 1 rings (SSSR count). The topological polar surface area (TPSA) is 75.6 Å². The molecule has 0 aromatic heterocycles. The minimum Gasteiger partial charge on any atom is -0.506 e. The largest absolute Gasteiger partial charge is 0.506 e. The number of hydrogen-bond donors (Lipinski definition) is 2. The molecule has 0 saturated heterocycles. The lowest BCUT2D eigenvalue weighted by atomic mass is 10.3. The van der Waals surface area contributed by atoms with E-state index < -0.39 is 21.6 Å². The first-order chi connectivity index (χ1) is 8.71. The Morgan fingerprint density at radius 2 is 2.11 bits per heavy atom. The first-order valence-electron chi connectivity index (χ1n) is 5.51. The molecule has 0 heterocycles. The van der Waals surface area contributed by atoms with E-state index in [9.17, 15) is 17.9 Å². The van der Waals surface area contributed by atoms with Gasteiger partial charge in [0.1, 0.15) is 11.6 Å². The van der Waals surface area contributed by atoms with Crippen molar-refractivity contribution in [3.8, 4) is 5.75 Å². The van der Waals surface area contributed by atoms with Crippen molar-refractivity contribution < 1.29 is 22.7 Å². The quantitative estimate of drug-likeness (QED) is 0.791. The third kappa shape index (κ3) is 5.22. The van der Waals surface area contributed by atoms with Crippen LogP contribution in [-0.4, -0.2) is 32.0 Å². The number of aromatic hydroxyl groups is 1. The molecule has 0 fully saturated rings. The molecule has 0 bridgehead atoms. The zero-order chi connectivity index (χ0) is 14.6. The Kier molecular flexibility index (Phi) is 5.39. The zero-order valence-corrected chi connectivity index (χ0v) is 12.1. The van der Waals surface area contributed by atoms with Gasteiger partial charge in [-0.05, 0) is 19.9 Å². The van der Waals surface area contributed by atoms with Gasteiger partial charge < -0.3 is 9.84 Å². The first kappa shape index (κ1) is 16.0. The van der Waals surface area contributed by atoms with Crippen LogP contribution in [0.25, 0.3) is 0 Å². The Morgan fingerprint density at radius 3 is 2.68 bits per heavy atom. The van der Waals surface area contributed by atoms with E-state index in [1.165, 1.54) is 0 Å². The minimum absolute atomic E-state index is 0.0166. The number of benzene rings is 1. The highest BCUT2D eigenvalue weighted by atomic mass is 35.5. The van der Waals surface area contributed by atoms with Crippen LogP contribution in [0.5, 0.6) is 5.75 Å². The van der Waals surface area contributed by atoms with E-state index in [1.807, 2.05) is 0 Å². The van der Waals surface area contributed by atoms with Gasteiger partial charge in [0, 0.05) is 6.07 Å². The van der Waals surface area contributed by atoms with Crippen LogP contribution in [0.3, 0.4) is 0 Å². The molecule has 0 unspecified atom stereocenters. The number of phenols is 1. The number of sulfonamides is 1. The molecule has 2 N–H and O–H groups in total. The first-order valence-corrected chi connectivity index (χ1v) is 7.54. The van der Waals surface area contributed by atoms with Crippen LogP contribution >= 0.6 is 11.6 Å². The van der Waals surface area contributed by atoms with Crippen molar-refractivity contribution in [3.05, 3.63) is 23.0 Å². The van der Waals surface area contributed by atoms with Gasteiger partial charge in [-0.25, -0.2) is 12.8 Å². The fourth-order valence-corrected chi connectivity index (χ4v) is 2.31. The monoisotopic (exact) mass is 311 g/mol. The number of anilines is 1. The molecule has 0 spiro atoms. The van der Waals surface area contributed by atoms with E-state index in [0.717, 1.165) is 12.1 Å². The SMILES string of the molecule is CC(C)OCCS(=O)(=O)Nc1cc(Cl)c(F)cc1O. The van der Waals surface area contributed by atoms with Gasteiger partial charge in [-0.1, -0.05) is 11.6 Å². The second kappa shape index (κ2) is 6.40. The van der Waals surface area contributed by atoms with Crippen LogP contribution < -0.4 is 4.72 Å². The van der Waals surface area contributed by atoms with Crippen LogP contribution in [0.15, 0.2) is 12.1 Å². The highest BCUT2D eigenvalue weighted by Crippen LogP contribution is 2.30. The predicted octanol–water partition coefficient (Wildman–Crippen LogP) is 2.35. The fraction of sp³-hybridized carbons (Fsp3) is 0.455. The molecule has 1 aromatic carbocycles. The van der Waals surface area contributed by atoms with Crippen molar-refractivity contribution in [2.75, 3.05) is 17.1 Å². The molecular weight excluding hydrogens is 297 g/mol. The highest BCUT2D eigenvalue weighted by Gasteiger charge is 2.15. The molecule has 108 valence electrons. The average molecular weight is 312 g/mol. The molecule has 0 atom stereocenters. The molecule has 0 aliphatic carbocycles. The molecule has 0 radical (unpaired) electrons. The second-order valence-electron chi connectivity index (χ2n) is 4.12. The normalized spacial score (nSPS) is 11.8. The van der Waals surface area contributed by atoms with Crippen molar-refractivity contribution in [1.29, 1.82) is 0 Å². The maximum absolute atomic E-state index is 13.0. The Labute approximate surface area is 116 Å². The number of nitrogens with one attached hydrogen (secondary N) is 1. The lowest BCUT2D eigenvalue weighted by Crippen LogP contribution is -2.21. The number of halogens is 2. The van der Waals surface area contributed by atoms with E-state index in [-0.39, 0.29) is 29.2 Å². The van der Waals surface area contributed by atoms with E-state index in [4.69, 9.17) is 16.3 Å². The van der Waals surface area contributed by atoms with Gasteiger partial charge >= 0.3 is 0 Å². The summed E-state index contributed by atoms with van der Waals surface area (Å²) in [5.41, 5.74) is -0.170. The third-order valence-corrected chi connectivity index (χ3v) is 3.63. The van der Waals surface area contributed by atoms with Crippen LogP contribution in [0.4, 0.5) is 10.1 Å². The second-order valence-corrected chi connectivity index (χ2v) is 6.37. The molecule has 1 aromatic rings. The van der Waals surface area contributed by atoms with Crippen LogP contribution in [0, 0.1) is 5.82 Å². The molecular formula is C11H15ClFNO4S. The Hall–Kier alpha value is -1.05. The summed E-state index contributed by atoms with van der Waals surface area (Å²) in [5.74, 6) is -1.64. The van der Waals surface area contributed by atoms with Crippen LogP contribution in [0.2, 0.25) is 5.02 Å². The number of rotatable bonds is 6. The predicted molar refractivity (Wildman–Crippen MR) is 71.6 cm³/mol. The standard InChI is InChI=1S/C11H15ClFNO4S/c1-7(2)18-3-4-19(16,17)14-10-5-8(12)9(13)6-11(10)15/h5-7,14-15H,3-4H2,1-2H3. The maximum Gasteiger partial charge on any atom is 0.235 e. The number of phenolic OH excluding ortho intramolecular Hbond substituents is 1. The number of hydrogen-bond acceptors (Lipinski definition) is 4. The van der Waals surface area contributed by atoms with Crippen LogP contribution in [0.1, 0.15) is 13.8 Å². The van der Waals surface area contributed by atoms with Gasteiger partial charge in [0.25, 0.3) is 0 Å². The third-order valence-electron chi connectivity index (χ3n) is 2.11.